The van der Waals surface area contributed by atoms with Crippen LogP contribution in [0.2, 0.25) is 0 Å². The van der Waals surface area contributed by atoms with Crippen molar-refractivity contribution in [2.45, 2.75) is 26.8 Å². The summed E-state index contributed by atoms with van der Waals surface area (Å²) in [4.78, 5) is 13.4. The van der Waals surface area contributed by atoms with Crippen molar-refractivity contribution in [3.05, 3.63) is 40.8 Å². The molecule has 0 aliphatic carbocycles. The van der Waals surface area contributed by atoms with E-state index in [1.54, 1.807) is 11.0 Å². The van der Waals surface area contributed by atoms with E-state index in [1.807, 2.05) is 32.0 Å². The number of aryl methyl sites for hydroxylation is 2. The molecular formula is C14H17NO3S. The van der Waals surface area contributed by atoms with Gasteiger partial charge in [-0.15, -0.1) is 0 Å². The lowest BCUT2D eigenvalue weighted by Gasteiger charge is -2.28. The average molecular weight is 279 g/mol. The van der Waals surface area contributed by atoms with Crippen molar-refractivity contribution in [3.63, 3.8) is 0 Å². The average Bonchev–Trinajstić information content (AvgIpc) is 2.62. The molecule has 0 radical (unpaired) electrons. The van der Waals surface area contributed by atoms with Gasteiger partial charge in [-0.05, 0) is 31.6 Å². The Morgan fingerprint density at radius 1 is 1.32 bits per heavy atom. The third kappa shape index (κ3) is 2.87. The highest BCUT2D eigenvalue weighted by Crippen LogP contribution is 2.26. The Bertz CT molecular complexity index is 647. The zero-order valence-corrected chi connectivity index (χ0v) is 12.1. The molecular weight excluding hydrogens is 262 g/mol. The highest BCUT2D eigenvalue weighted by Gasteiger charge is 2.30. The molecule has 4 nitrogen and oxygen atoms in total. The van der Waals surface area contributed by atoms with Crippen molar-refractivity contribution in [2.24, 2.45) is 0 Å². The van der Waals surface area contributed by atoms with Crippen molar-refractivity contribution in [1.29, 1.82) is 0 Å². The Morgan fingerprint density at radius 3 is 2.47 bits per heavy atom. The Kier molecular flexibility index (Phi) is 3.49. The van der Waals surface area contributed by atoms with E-state index in [0.717, 1.165) is 16.8 Å². The maximum absolute atomic E-state index is 11.9. The van der Waals surface area contributed by atoms with Crippen molar-refractivity contribution in [1.82, 2.24) is 0 Å². The van der Waals surface area contributed by atoms with Crippen LogP contribution >= 0.6 is 0 Å². The van der Waals surface area contributed by atoms with Gasteiger partial charge in [-0.3, -0.25) is 4.79 Å². The van der Waals surface area contributed by atoms with E-state index in [2.05, 4.69) is 0 Å². The maximum atomic E-state index is 11.9. The fourth-order valence-corrected chi connectivity index (χ4v) is 3.65. The van der Waals surface area contributed by atoms with Crippen LogP contribution in [0.5, 0.6) is 0 Å². The molecule has 1 aliphatic rings. The minimum absolute atomic E-state index is 0.0418. The van der Waals surface area contributed by atoms with Crippen LogP contribution in [0, 0.1) is 13.8 Å². The summed E-state index contributed by atoms with van der Waals surface area (Å²) in [6.07, 6.45) is 1.58. The summed E-state index contributed by atoms with van der Waals surface area (Å²) in [5.74, 6) is -0.196. The number of sulfone groups is 1. The first-order valence-corrected chi connectivity index (χ1v) is 7.80. The van der Waals surface area contributed by atoms with Crippen LogP contribution in [0.4, 0.5) is 5.69 Å². The largest absolute Gasteiger partial charge is 0.304 e. The molecule has 1 aliphatic heterocycles. The summed E-state index contributed by atoms with van der Waals surface area (Å²) in [6, 6.07) is 5.36. The van der Waals surface area contributed by atoms with Crippen molar-refractivity contribution in [2.75, 3.05) is 10.7 Å². The molecule has 2 rings (SSSR count). The minimum atomic E-state index is -3.18. The summed E-state index contributed by atoms with van der Waals surface area (Å²) in [5, 5.41) is 1.19. The standard InChI is InChI=1S/C14H17NO3S/c1-10-4-5-14(11(2)8-10)15(12(3)16)13-6-7-19(17,18)9-13/h4-8,13H,9H2,1-3H3/t13-/m0/s1. The second-order valence-corrected chi connectivity index (χ2v) is 6.84. The van der Waals surface area contributed by atoms with Gasteiger partial charge in [0, 0.05) is 18.0 Å². The minimum Gasteiger partial charge on any atom is -0.304 e. The van der Waals surface area contributed by atoms with Crippen LogP contribution in [0.25, 0.3) is 0 Å². The lowest BCUT2D eigenvalue weighted by atomic mass is 10.1. The van der Waals surface area contributed by atoms with Gasteiger partial charge >= 0.3 is 0 Å². The van der Waals surface area contributed by atoms with Gasteiger partial charge in [-0.25, -0.2) is 8.42 Å². The number of anilines is 1. The molecule has 102 valence electrons. The van der Waals surface area contributed by atoms with E-state index in [0.29, 0.717) is 0 Å². The van der Waals surface area contributed by atoms with Crippen LogP contribution in [0.3, 0.4) is 0 Å². The molecule has 0 saturated heterocycles. The van der Waals surface area contributed by atoms with E-state index in [-0.39, 0.29) is 11.7 Å². The van der Waals surface area contributed by atoms with Gasteiger partial charge in [0.1, 0.15) is 0 Å². The van der Waals surface area contributed by atoms with Gasteiger partial charge < -0.3 is 4.90 Å². The van der Waals surface area contributed by atoms with Crippen LogP contribution < -0.4 is 4.90 Å². The zero-order valence-electron chi connectivity index (χ0n) is 11.3. The number of nitrogens with zero attached hydrogens (tertiary/aromatic N) is 1. The van der Waals surface area contributed by atoms with Crippen molar-refractivity contribution < 1.29 is 13.2 Å². The van der Waals surface area contributed by atoms with Crippen LogP contribution in [-0.2, 0) is 14.6 Å². The molecule has 1 aromatic rings. The van der Waals surface area contributed by atoms with E-state index < -0.39 is 15.9 Å². The molecule has 1 heterocycles. The van der Waals surface area contributed by atoms with Gasteiger partial charge in [0.25, 0.3) is 0 Å². The molecule has 0 bridgehead atoms. The summed E-state index contributed by atoms with van der Waals surface area (Å²) in [6.45, 7) is 5.36. The second-order valence-electron chi connectivity index (χ2n) is 4.90. The van der Waals surface area contributed by atoms with Gasteiger partial charge in [-0.2, -0.15) is 0 Å². The highest BCUT2D eigenvalue weighted by atomic mass is 32.2. The molecule has 1 atom stereocenters. The van der Waals surface area contributed by atoms with E-state index in [9.17, 15) is 13.2 Å². The third-order valence-electron chi connectivity index (χ3n) is 3.19. The van der Waals surface area contributed by atoms with Crippen LogP contribution in [0.15, 0.2) is 29.7 Å². The number of amides is 1. The lowest BCUT2D eigenvalue weighted by Crippen LogP contribution is -2.40. The number of hydrogen-bond acceptors (Lipinski definition) is 3. The SMILES string of the molecule is CC(=O)N(c1ccc(C)cc1C)[C@H]1C=CS(=O)(=O)C1. The first-order valence-electron chi connectivity index (χ1n) is 6.08. The summed E-state index contributed by atoms with van der Waals surface area (Å²) >= 11 is 0. The van der Waals surface area contributed by atoms with Crippen molar-refractivity contribution >= 4 is 21.4 Å². The molecule has 0 saturated carbocycles. The second kappa shape index (κ2) is 4.81. The van der Waals surface area contributed by atoms with E-state index >= 15 is 0 Å². The van der Waals surface area contributed by atoms with Gasteiger partial charge in [0.2, 0.25) is 5.91 Å². The molecule has 0 fully saturated rings. The van der Waals surface area contributed by atoms with Crippen LogP contribution in [0.1, 0.15) is 18.1 Å². The summed E-state index contributed by atoms with van der Waals surface area (Å²) in [5.41, 5.74) is 2.84. The number of carbonyl (C=O) groups excluding carboxylic acids is 1. The normalized spacial score (nSPS) is 20.5. The molecule has 0 spiro atoms. The molecule has 0 unspecified atom stereocenters. The van der Waals surface area contributed by atoms with Crippen molar-refractivity contribution in [3.8, 4) is 0 Å². The topological polar surface area (TPSA) is 54.5 Å². The predicted molar refractivity (Wildman–Crippen MR) is 75.8 cm³/mol. The Hall–Kier alpha value is -1.62. The quantitative estimate of drug-likeness (QED) is 0.831. The number of benzene rings is 1. The Morgan fingerprint density at radius 2 is 2.00 bits per heavy atom. The Balaban J connectivity index is 2.42. The van der Waals surface area contributed by atoms with Gasteiger partial charge in [0.05, 0.1) is 11.8 Å². The molecule has 19 heavy (non-hydrogen) atoms. The van der Waals surface area contributed by atoms with Gasteiger partial charge in [0.15, 0.2) is 9.84 Å². The summed E-state index contributed by atoms with van der Waals surface area (Å²) in [7, 11) is -3.18. The predicted octanol–water partition coefficient (Wildman–Crippen LogP) is 1.97. The third-order valence-corrected chi connectivity index (χ3v) is 4.57. The lowest BCUT2D eigenvalue weighted by molar-refractivity contribution is -0.116. The fourth-order valence-electron chi connectivity index (χ4n) is 2.38. The molecule has 5 heteroatoms. The first kappa shape index (κ1) is 13.8. The first-order chi connectivity index (χ1) is 8.80. The highest BCUT2D eigenvalue weighted by molar-refractivity contribution is 7.94. The van der Waals surface area contributed by atoms with E-state index in [4.69, 9.17) is 0 Å². The smallest absolute Gasteiger partial charge is 0.224 e. The molecule has 1 aromatic carbocycles. The number of rotatable bonds is 2. The monoisotopic (exact) mass is 279 g/mol. The molecule has 0 aromatic heterocycles. The maximum Gasteiger partial charge on any atom is 0.224 e. The molecule has 1 amide bonds. The summed E-state index contributed by atoms with van der Waals surface area (Å²) < 4.78 is 23.0. The fraction of sp³-hybridized carbons (Fsp3) is 0.357. The molecule has 0 N–H and O–H groups in total. The van der Waals surface area contributed by atoms with E-state index in [1.165, 1.54) is 12.3 Å². The van der Waals surface area contributed by atoms with Crippen LogP contribution in [-0.4, -0.2) is 26.1 Å². The Labute approximate surface area is 113 Å². The zero-order chi connectivity index (χ0) is 14.2. The number of hydrogen-bond donors (Lipinski definition) is 0. The number of carbonyl (C=O) groups is 1. The van der Waals surface area contributed by atoms with Gasteiger partial charge in [-0.1, -0.05) is 17.7 Å².